The molecule has 0 spiro atoms. The topological polar surface area (TPSA) is 95.0 Å². The number of aromatic nitrogens is 1. The number of halogens is 2. The number of anilines is 1. The molecule has 36 heavy (non-hydrogen) atoms. The van der Waals surface area contributed by atoms with E-state index >= 15 is 0 Å². The van der Waals surface area contributed by atoms with E-state index in [-0.39, 0.29) is 24.9 Å². The Hall–Kier alpha value is -3.11. The number of carbonyl (C=O) groups is 2. The summed E-state index contributed by atoms with van der Waals surface area (Å²) >= 11 is 6.26. The van der Waals surface area contributed by atoms with Gasteiger partial charge in [-0.3, -0.25) is 19.4 Å². The van der Waals surface area contributed by atoms with E-state index in [0.717, 1.165) is 10.6 Å². The van der Waals surface area contributed by atoms with Crippen molar-refractivity contribution in [3.05, 3.63) is 71.1 Å². The number of pyridine rings is 1. The van der Waals surface area contributed by atoms with Crippen molar-refractivity contribution in [3.8, 4) is 0 Å². The second-order valence-electron chi connectivity index (χ2n) is 9.09. The molecular weight excluding hydrogens is 487 g/mol. The second kappa shape index (κ2) is 11.7. The van der Waals surface area contributed by atoms with Crippen molar-refractivity contribution in [2.45, 2.75) is 45.9 Å². The van der Waals surface area contributed by atoms with Gasteiger partial charge in [0, 0.05) is 36.0 Å². The maximum Gasteiger partial charge on any atom is 0.239 e. The second-order valence-corrected chi connectivity index (χ2v) is 9.49. The van der Waals surface area contributed by atoms with Gasteiger partial charge in [-0.05, 0) is 55.1 Å². The highest BCUT2D eigenvalue weighted by molar-refractivity contribution is 6.31. The normalized spacial score (nSPS) is 13.3. The number of amides is 2. The van der Waals surface area contributed by atoms with Gasteiger partial charge in [-0.2, -0.15) is 5.06 Å². The number of benzene rings is 2. The van der Waals surface area contributed by atoms with E-state index in [0.29, 0.717) is 22.2 Å². The minimum Gasteiger partial charge on any atom is -0.390 e. The third-order valence-corrected chi connectivity index (χ3v) is 6.50. The highest BCUT2D eigenvalue weighted by Gasteiger charge is 2.36. The highest BCUT2D eigenvalue weighted by Crippen LogP contribution is 2.25. The highest BCUT2D eigenvalue weighted by atomic mass is 35.5. The number of fused-ring (bicyclic) bond motifs is 1. The van der Waals surface area contributed by atoms with E-state index in [2.05, 4.69) is 10.4 Å². The number of rotatable bonds is 11. The fourth-order valence-electron chi connectivity index (χ4n) is 3.72. The Morgan fingerprint density at radius 1 is 1.25 bits per heavy atom. The summed E-state index contributed by atoms with van der Waals surface area (Å²) in [7, 11) is 0. The summed E-state index contributed by atoms with van der Waals surface area (Å²) in [4.78, 5) is 34.5. The van der Waals surface area contributed by atoms with Gasteiger partial charge in [0.05, 0.1) is 18.2 Å². The first kappa shape index (κ1) is 27.5. The van der Waals surface area contributed by atoms with Gasteiger partial charge in [0.2, 0.25) is 12.3 Å². The van der Waals surface area contributed by atoms with E-state index in [9.17, 15) is 19.1 Å². The van der Waals surface area contributed by atoms with E-state index in [1.54, 1.807) is 32.9 Å². The van der Waals surface area contributed by atoms with E-state index < -0.39 is 23.4 Å². The zero-order chi connectivity index (χ0) is 26.5. The maximum atomic E-state index is 13.7. The van der Waals surface area contributed by atoms with Gasteiger partial charge in [-0.1, -0.05) is 36.7 Å². The average Bonchev–Trinajstić information content (AvgIpc) is 2.82. The monoisotopic (exact) mass is 516 g/mol. The van der Waals surface area contributed by atoms with Crippen LogP contribution in [-0.4, -0.2) is 45.7 Å². The maximum absolute atomic E-state index is 13.7. The first-order valence-electron chi connectivity index (χ1n) is 11.4. The third-order valence-electron chi connectivity index (χ3n) is 6.14. The van der Waals surface area contributed by atoms with Crippen LogP contribution in [0.25, 0.3) is 10.8 Å². The smallest absolute Gasteiger partial charge is 0.239 e. The number of aliphatic hydroxyl groups is 1. The van der Waals surface area contributed by atoms with Crippen LogP contribution in [0.15, 0.2) is 54.7 Å². The summed E-state index contributed by atoms with van der Waals surface area (Å²) in [5.74, 6) is -1.06. The minimum atomic E-state index is -1.18. The summed E-state index contributed by atoms with van der Waals surface area (Å²) < 4.78 is 13.7. The molecule has 0 aliphatic carbocycles. The van der Waals surface area contributed by atoms with Gasteiger partial charge in [0.15, 0.2) is 5.82 Å². The van der Waals surface area contributed by atoms with Crippen LogP contribution in [0.4, 0.5) is 10.2 Å². The standard InChI is InChI=1S/C26H30ClFN4O4/c1-17(26(3,4)35)24(32(18(2)34)30-14-20-7-5-6-8-23(20)27)15-36-31(16-33)25-12-21-11-22(28)10-9-19(21)13-29-25/h5-13,16-17,24,30,35H,14-15H2,1-4H3/t17?,24-/m1/s1. The summed E-state index contributed by atoms with van der Waals surface area (Å²) in [5, 5.41) is 14.8. The van der Waals surface area contributed by atoms with Crippen LogP contribution in [0.2, 0.25) is 5.02 Å². The third kappa shape index (κ3) is 6.76. The molecule has 1 heterocycles. The number of carbonyl (C=O) groups excluding carboxylic acids is 2. The molecule has 3 rings (SSSR count). The molecule has 1 aromatic heterocycles. The quantitative estimate of drug-likeness (QED) is 0.292. The number of nitrogens with one attached hydrogen (secondary N) is 1. The van der Waals surface area contributed by atoms with Crippen LogP contribution in [-0.2, 0) is 21.0 Å². The van der Waals surface area contributed by atoms with Gasteiger partial charge in [-0.15, -0.1) is 0 Å². The molecule has 10 heteroatoms. The van der Waals surface area contributed by atoms with Crippen molar-refractivity contribution in [1.82, 2.24) is 15.4 Å². The van der Waals surface area contributed by atoms with E-state index in [1.807, 2.05) is 18.2 Å². The molecule has 0 saturated carbocycles. The Morgan fingerprint density at radius 3 is 2.61 bits per heavy atom. The minimum absolute atomic E-state index is 0.149. The predicted octanol–water partition coefficient (Wildman–Crippen LogP) is 4.25. The molecule has 2 N–H and O–H groups in total. The van der Waals surface area contributed by atoms with Crippen LogP contribution in [0.3, 0.4) is 0 Å². The molecule has 2 atom stereocenters. The van der Waals surface area contributed by atoms with E-state index in [1.165, 1.54) is 36.3 Å². The zero-order valence-corrected chi connectivity index (χ0v) is 21.4. The van der Waals surface area contributed by atoms with Gasteiger partial charge in [0.1, 0.15) is 5.82 Å². The summed E-state index contributed by atoms with van der Waals surface area (Å²) in [6.07, 6.45) is 1.95. The summed E-state index contributed by atoms with van der Waals surface area (Å²) in [6, 6.07) is 12.3. The van der Waals surface area contributed by atoms with Crippen molar-refractivity contribution in [3.63, 3.8) is 0 Å². The molecular formula is C26H30ClFN4O4. The largest absolute Gasteiger partial charge is 0.390 e. The number of nitrogens with zero attached hydrogens (tertiary/aromatic N) is 3. The molecule has 0 radical (unpaired) electrons. The summed E-state index contributed by atoms with van der Waals surface area (Å²) in [5.41, 5.74) is 2.68. The van der Waals surface area contributed by atoms with Gasteiger partial charge in [0.25, 0.3) is 0 Å². The van der Waals surface area contributed by atoms with Crippen molar-refractivity contribution < 1.29 is 23.9 Å². The molecule has 0 bridgehead atoms. The Morgan fingerprint density at radius 2 is 1.97 bits per heavy atom. The Balaban J connectivity index is 1.84. The number of hydroxylamine groups is 1. The van der Waals surface area contributed by atoms with Crippen molar-refractivity contribution in [2.75, 3.05) is 11.7 Å². The van der Waals surface area contributed by atoms with Crippen LogP contribution in [0.1, 0.15) is 33.3 Å². The molecule has 2 aromatic carbocycles. The van der Waals surface area contributed by atoms with Crippen LogP contribution in [0, 0.1) is 11.7 Å². The molecule has 0 aliphatic rings. The number of hydrogen-bond donors (Lipinski definition) is 2. The number of hydrazine groups is 1. The molecule has 0 aliphatic heterocycles. The van der Waals surface area contributed by atoms with Gasteiger partial charge < -0.3 is 5.11 Å². The Bertz CT molecular complexity index is 1220. The van der Waals surface area contributed by atoms with Crippen LogP contribution < -0.4 is 10.5 Å². The first-order valence-corrected chi connectivity index (χ1v) is 11.8. The molecule has 3 aromatic rings. The molecule has 8 nitrogen and oxygen atoms in total. The molecule has 192 valence electrons. The van der Waals surface area contributed by atoms with Gasteiger partial charge in [-0.25, -0.2) is 14.8 Å². The van der Waals surface area contributed by atoms with Crippen molar-refractivity contribution in [2.24, 2.45) is 5.92 Å². The van der Waals surface area contributed by atoms with Crippen molar-refractivity contribution >= 4 is 40.5 Å². The fraction of sp³-hybridized carbons (Fsp3) is 0.346. The predicted molar refractivity (Wildman–Crippen MR) is 136 cm³/mol. The average molecular weight is 517 g/mol. The fourth-order valence-corrected chi connectivity index (χ4v) is 3.92. The van der Waals surface area contributed by atoms with Crippen LogP contribution in [0.5, 0.6) is 0 Å². The molecule has 0 saturated heterocycles. The summed E-state index contributed by atoms with van der Waals surface area (Å²) in [6.45, 7) is 6.54. The zero-order valence-electron chi connectivity index (χ0n) is 20.6. The van der Waals surface area contributed by atoms with Gasteiger partial charge >= 0.3 is 0 Å². The van der Waals surface area contributed by atoms with Crippen LogP contribution >= 0.6 is 11.6 Å². The number of hydrogen-bond acceptors (Lipinski definition) is 6. The lowest BCUT2D eigenvalue weighted by Crippen LogP contribution is -2.57. The lowest BCUT2D eigenvalue weighted by atomic mass is 9.86. The van der Waals surface area contributed by atoms with Crippen molar-refractivity contribution in [1.29, 1.82) is 0 Å². The first-order chi connectivity index (χ1) is 17.0. The van der Waals surface area contributed by atoms with E-state index in [4.69, 9.17) is 16.4 Å². The Kier molecular flexibility index (Phi) is 8.97. The Labute approximate surface area is 214 Å². The molecule has 2 amide bonds. The lowest BCUT2D eigenvalue weighted by Gasteiger charge is -2.40. The SMILES string of the molecule is CC(=O)N(NCc1ccccc1Cl)[C@H](CON(C=O)c1cc2cc(F)ccc2cn1)C(C)C(C)(C)O. The molecule has 1 unspecified atom stereocenters. The molecule has 0 fully saturated rings. The lowest BCUT2D eigenvalue weighted by molar-refractivity contribution is -0.143.